The van der Waals surface area contributed by atoms with Crippen LogP contribution in [0.1, 0.15) is 58.2 Å². The second-order valence-corrected chi connectivity index (χ2v) is 7.08. The standard InChI is InChI=1S/C21H24O8/c1-10(2)7-14(22)12-5-6-16(17(21(26)27)19(12)28-4)29-18-13(20(24)25)8-11(3)9-15(18)23/h5-6,8-10,14,22-23H,7H2,1-4H3,(H,24,25)(H,26,27). The number of carboxylic acids is 2. The number of aromatic hydroxyl groups is 1. The van der Waals surface area contributed by atoms with Gasteiger partial charge in [0.1, 0.15) is 22.6 Å². The Labute approximate surface area is 168 Å². The van der Waals surface area contributed by atoms with Gasteiger partial charge in [0, 0.05) is 5.56 Å². The van der Waals surface area contributed by atoms with Crippen molar-refractivity contribution in [2.24, 2.45) is 5.92 Å². The van der Waals surface area contributed by atoms with Crippen molar-refractivity contribution >= 4 is 11.9 Å². The quantitative estimate of drug-likeness (QED) is 0.519. The van der Waals surface area contributed by atoms with E-state index in [2.05, 4.69) is 0 Å². The van der Waals surface area contributed by atoms with Crippen molar-refractivity contribution < 1.29 is 39.5 Å². The first kappa shape index (κ1) is 22.0. The van der Waals surface area contributed by atoms with Crippen molar-refractivity contribution in [2.75, 3.05) is 7.11 Å². The molecule has 0 heterocycles. The molecule has 0 amide bonds. The number of aliphatic hydroxyl groups excluding tert-OH is 1. The van der Waals surface area contributed by atoms with E-state index in [0.717, 1.165) is 0 Å². The number of aryl methyl sites for hydroxylation is 1. The fourth-order valence-electron chi connectivity index (χ4n) is 3.05. The molecule has 2 aromatic carbocycles. The molecule has 0 aliphatic rings. The lowest BCUT2D eigenvalue weighted by molar-refractivity contribution is 0.0684. The molecule has 1 unspecified atom stereocenters. The number of aromatic carboxylic acids is 2. The zero-order chi connectivity index (χ0) is 21.9. The molecule has 2 rings (SSSR count). The molecule has 0 radical (unpaired) electrons. The van der Waals surface area contributed by atoms with Crippen LogP contribution in [0.2, 0.25) is 0 Å². The molecule has 0 spiro atoms. The van der Waals surface area contributed by atoms with Gasteiger partial charge in [0.25, 0.3) is 0 Å². The van der Waals surface area contributed by atoms with E-state index in [1.54, 1.807) is 6.92 Å². The molecule has 0 saturated carbocycles. The van der Waals surface area contributed by atoms with E-state index in [4.69, 9.17) is 9.47 Å². The summed E-state index contributed by atoms with van der Waals surface area (Å²) in [6, 6.07) is 5.37. The molecule has 0 saturated heterocycles. The third-order valence-corrected chi connectivity index (χ3v) is 4.28. The van der Waals surface area contributed by atoms with Crippen LogP contribution in [0, 0.1) is 12.8 Å². The van der Waals surface area contributed by atoms with Crippen LogP contribution in [0.4, 0.5) is 0 Å². The first-order valence-electron chi connectivity index (χ1n) is 8.93. The minimum Gasteiger partial charge on any atom is -0.504 e. The normalized spacial score (nSPS) is 11.9. The molecule has 0 bridgehead atoms. The minimum atomic E-state index is -1.39. The Kier molecular flexibility index (Phi) is 6.71. The summed E-state index contributed by atoms with van der Waals surface area (Å²) in [6.45, 7) is 5.43. The summed E-state index contributed by atoms with van der Waals surface area (Å²) in [6.07, 6.45) is -0.572. The van der Waals surface area contributed by atoms with Gasteiger partial charge in [0.15, 0.2) is 11.5 Å². The molecule has 156 valence electrons. The maximum Gasteiger partial charge on any atom is 0.343 e. The molecule has 4 N–H and O–H groups in total. The van der Waals surface area contributed by atoms with E-state index in [-0.39, 0.29) is 39.9 Å². The summed E-state index contributed by atoms with van der Waals surface area (Å²) in [5.74, 6) is -3.72. The van der Waals surface area contributed by atoms with Crippen LogP contribution in [0.5, 0.6) is 23.0 Å². The van der Waals surface area contributed by atoms with E-state index in [0.29, 0.717) is 12.0 Å². The smallest absolute Gasteiger partial charge is 0.343 e. The summed E-state index contributed by atoms with van der Waals surface area (Å²) in [7, 11) is 1.27. The number of aliphatic hydroxyl groups is 1. The van der Waals surface area contributed by atoms with Gasteiger partial charge in [0.2, 0.25) is 0 Å². The number of carbonyl (C=O) groups is 2. The van der Waals surface area contributed by atoms with Gasteiger partial charge in [-0.3, -0.25) is 0 Å². The zero-order valence-electron chi connectivity index (χ0n) is 16.6. The summed E-state index contributed by atoms with van der Waals surface area (Å²) in [4.78, 5) is 23.5. The van der Waals surface area contributed by atoms with Crippen molar-refractivity contribution in [3.8, 4) is 23.0 Å². The van der Waals surface area contributed by atoms with E-state index in [1.807, 2.05) is 13.8 Å². The van der Waals surface area contributed by atoms with Crippen molar-refractivity contribution in [2.45, 2.75) is 33.3 Å². The first-order chi connectivity index (χ1) is 13.6. The predicted octanol–water partition coefficient (Wildman–Crippen LogP) is 3.98. The van der Waals surface area contributed by atoms with Crippen LogP contribution in [-0.4, -0.2) is 39.5 Å². The number of carboxylic acid groups (broad SMARTS) is 2. The second-order valence-electron chi connectivity index (χ2n) is 7.08. The highest BCUT2D eigenvalue weighted by Gasteiger charge is 2.27. The average Bonchev–Trinajstić information content (AvgIpc) is 2.61. The van der Waals surface area contributed by atoms with Gasteiger partial charge in [-0.05, 0) is 49.1 Å². The van der Waals surface area contributed by atoms with Gasteiger partial charge < -0.3 is 29.9 Å². The van der Waals surface area contributed by atoms with Crippen LogP contribution in [0.25, 0.3) is 0 Å². The average molecular weight is 404 g/mol. The van der Waals surface area contributed by atoms with Crippen LogP contribution in [-0.2, 0) is 0 Å². The number of benzene rings is 2. The number of hydrogen-bond acceptors (Lipinski definition) is 6. The van der Waals surface area contributed by atoms with Gasteiger partial charge in [-0.2, -0.15) is 0 Å². The minimum absolute atomic E-state index is 0.0911. The third kappa shape index (κ3) is 4.78. The van der Waals surface area contributed by atoms with Crippen molar-refractivity contribution in [3.05, 3.63) is 46.5 Å². The van der Waals surface area contributed by atoms with Crippen LogP contribution < -0.4 is 9.47 Å². The Morgan fingerprint density at radius 1 is 1.07 bits per heavy atom. The lowest BCUT2D eigenvalue weighted by Gasteiger charge is -2.20. The summed E-state index contributed by atoms with van der Waals surface area (Å²) < 4.78 is 10.8. The van der Waals surface area contributed by atoms with E-state index in [1.165, 1.54) is 31.4 Å². The SMILES string of the molecule is COc1c(C(O)CC(C)C)ccc(Oc2c(O)cc(C)cc2C(=O)O)c1C(=O)O. The number of ether oxygens (including phenoxy) is 2. The van der Waals surface area contributed by atoms with E-state index in [9.17, 15) is 30.0 Å². The summed E-state index contributed by atoms with van der Waals surface area (Å²) in [5, 5.41) is 39.7. The predicted molar refractivity (Wildman–Crippen MR) is 104 cm³/mol. The lowest BCUT2D eigenvalue weighted by Crippen LogP contribution is -2.10. The molecule has 0 fully saturated rings. The third-order valence-electron chi connectivity index (χ3n) is 4.28. The Morgan fingerprint density at radius 3 is 2.24 bits per heavy atom. The molecule has 8 heteroatoms. The molecule has 1 atom stereocenters. The Balaban J connectivity index is 2.64. The van der Waals surface area contributed by atoms with Gasteiger partial charge in [0.05, 0.1) is 13.2 Å². The number of rotatable bonds is 8. The van der Waals surface area contributed by atoms with Gasteiger partial charge in [-0.15, -0.1) is 0 Å². The van der Waals surface area contributed by atoms with Crippen molar-refractivity contribution in [3.63, 3.8) is 0 Å². The molecule has 0 aromatic heterocycles. The monoisotopic (exact) mass is 404 g/mol. The van der Waals surface area contributed by atoms with Gasteiger partial charge in [-0.25, -0.2) is 9.59 Å². The maximum atomic E-state index is 11.9. The summed E-state index contributed by atoms with van der Waals surface area (Å²) in [5.41, 5.74) is 0.0684. The Morgan fingerprint density at radius 2 is 1.72 bits per heavy atom. The number of phenols is 1. The van der Waals surface area contributed by atoms with Crippen LogP contribution >= 0.6 is 0 Å². The van der Waals surface area contributed by atoms with E-state index < -0.39 is 23.8 Å². The van der Waals surface area contributed by atoms with Crippen molar-refractivity contribution in [1.82, 2.24) is 0 Å². The molecular weight excluding hydrogens is 380 g/mol. The largest absolute Gasteiger partial charge is 0.504 e. The van der Waals surface area contributed by atoms with Crippen LogP contribution in [0.15, 0.2) is 24.3 Å². The molecule has 8 nitrogen and oxygen atoms in total. The molecule has 29 heavy (non-hydrogen) atoms. The van der Waals surface area contributed by atoms with Crippen molar-refractivity contribution in [1.29, 1.82) is 0 Å². The number of phenolic OH excluding ortho intramolecular Hbond substituents is 1. The fraction of sp³-hybridized carbons (Fsp3) is 0.333. The summed E-state index contributed by atoms with van der Waals surface area (Å²) >= 11 is 0. The van der Waals surface area contributed by atoms with Gasteiger partial charge >= 0.3 is 11.9 Å². The fourth-order valence-corrected chi connectivity index (χ4v) is 3.05. The maximum absolute atomic E-state index is 11.9. The zero-order valence-corrected chi connectivity index (χ0v) is 16.6. The van der Waals surface area contributed by atoms with Crippen LogP contribution in [0.3, 0.4) is 0 Å². The van der Waals surface area contributed by atoms with E-state index >= 15 is 0 Å². The molecular formula is C21H24O8. The topological polar surface area (TPSA) is 134 Å². The molecule has 2 aromatic rings. The number of methoxy groups -OCH3 is 1. The second kappa shape index (κ2) is 8.83. The Bertz CT molecular complexity index is 933. The lowest BCUT2D eigenvalue weighted by atomic mass is 9.96. The highest BCUT2D eigenvalue weighted by atomic mass is 16.5. The highest BCUT2D eigenvalue weighted by Crippen LogP contribution is 2.42. The molecule has 0 aliphatic carbocycles. The number of hydrogen-bond donors (Lipinski definition) is 4. The first-order valence-corrected chi connectivity index (χ1v) is 8.93. The highest BCUT2D eigenvalue weighted by molar-refractivity contribution is 5.96. The Hall–Kier alpha value is -3.26. The van der Waals surface area contributed by atoms with Gasteiger partial charge in [-0.1, -0.05) is 13.8 Å². The molecule has 0 aliphatic heterocycles.